The summed E-state index contributed by atoms with van der Waals surface area (Å²) in [5.74, 6) is -0.0505. The number of nitrogens with zero attached hydrogens (tertiary/aromatic N) is 1. The third kappa shape index (κ3) is 4.17. The number of hydrogen-bond acceptors (Lipinski definition) is 3. The zero-order valence-corrected chi connectivity index (χ0v) is 12.7. The summed E-state index contributed by atoms with van der Waals surface area (Å²) in [6.07, 6.45) is 2.24. The maximum absolute atomic E-state index is 11.8. The maximum atomic E-state index is 11.8. The van der Waals surface area contributed by atoms with Crippen molar-refractivity contribution in [1.82, 2.24) is 4.90 Å². The predicted molar refractivity (Wildman–Crippen MR) is 80.3 cm³/mol. The van der Waals surface area contributed by atoms with Crippen LogP contribution in [0.5, 0.6) is 0 Å². The van der Waals surface area contributed by atoms with Crippen LogP contribution in [-0.4, -0.2) is 48.8 Å². The van der Waals surface area contributed by atoms with Crippen molar-refractivity contribution in [3.8, 4) is 0 Å². The highest BCUT2D eigenvalue weighted by atomic mass is 31.2. The standard InChI is InChI=1S/C15H24NO2P/c1-19(2,18)15(17)12-16-10-8-14(9-11-16)13-6-4-3-5-7-13/h3-7,14-15,17H,8-12H2,1-2H3. The first-order valence-electron chi connectivity index (χ1n) is 6.97. The van der Waals surface area contributed by atoms with Gasteiger partial charge >= 0.3 is 0 Å². The molecular formula is C15H24NO2P. The van der Waals surface area contributed by atoms with Gasteiger partial charge in [0.05, 0.1) is 0 Å². The van der Waals surface area contributed by atoms with Crippen molar-refractivity contribution >= 4 is 7.14 Å². The maximum Gasteiger partial charge on any atom is 0.119 e. The van der Waals surface area contributed by atoms with Gasteiger partial charge in [0.2, 0.25) is 0 Å². The molecule has 0 bridgehead atoms. The van der Waals surface area contributed by atoms with Crippen LogP contribution in [0.1, 0.15) is 24.3 Å². The van der Waals surface area contributed by atoms with E-state index in [0.29, 0.717) is 12.5 Å². The summed E-state index contributed by atoms with van der Waals surface area (Å²) in [7, 11) is -2.38. The van der Waals surface area contributed by atoms with Crippen LogP contribution >= 0.6 is 7.14 Å². The fraction of sp³-hybridized carbons (Fsp3) is 0.600. The van der Waals surface area contributed by atoms with Crippen LogP contribution in [0.2, 0.25) is 0 Å². The van der Waals surface area contributed by atoms with E-state index < -0.39 is 13.0 Å². The molecule has 0 saturated carbocycles. The number of rotatable bonds is 4. The van der Waals surface area contributed by atoms with Crippen molar-refractivity contribution in [3.05, 3.63) is 35.9 Å². The van der Waals surface area contributed by atoms with Crippen molar-refractivity contribution < 1.29 is 9.67 Å². The lowest BCUT2D eigenvalue weighted by atomic mass is 9.89. The average Bonchev–Trinajstić information content (AvgIpc) is 2.39. The Bertz CT molecular complexity index is 435. The number of β-amino-alcohol motifs (C(OH)–C–C–N with tert-alkyl or cyclic N) is 1. The lowest BCUT2D eigenvalue weighted by Gasteiger charge is -2.34. The molecule has 1 aromatic carbocycles. The van der Waals surface area contributed by atoms with Crippen molar-refractivity contribution in [3.63, 3.8) is 0 Å². The molecule has 1 unspecified atom stereocenters. The molecule has 0 aromatic heterocycles. The normalized spacial score (nSPS) is 20.4. The summed E-state index contributed by atoms with van der Waals surface area (Å²) in [4.78, 5) is 2.24. The van der Waals surface area contributed by atoms with Crippen LogP contribution in [0, 0.1) is 0 Å². The molecule has 1 saturated heterocycles. The minimum atomic E-state index is -2.38. The Kier molecular flexibility index (Phi) is 4.83. The van der Waals surface area contributed by atoms with Gasteiger partial charge in [0.15, 0.2) is 0 Å². The Morgan fingerprint density at radius 1 is 1.26 bits per heavy atom. The molecule has 3 nitrogen and oxygen atoms in total. The van der Waals surface area contributed by atoms with Gasteiger partial charge in [0.25, 0.3) is 0 Å². The Morgan fingerprint density at radius 3 is 2.37 bits per heavy atom. The number of likely N-dealkylation sites (tertiary alicyclic amines) is 1. The molecule has 1 atom stereocenters. The highest BCUT2D eigenvalue weighted by Gasteiger charge is 2.26. The summed E-state index contributed by atoms with van der Waals surface area (Å²) in [5.41, 5.74) is 1.42. The molecule has 1 aliphatic heterocycles. The Hall–Kier alpha value is -0.630. The molecular weight excluding hydrogens is 257 g/mol. The summed E-state index contributed by atoms with van der Waals surface area (Å²) in [6.45, 7) is 5.84. The van der Waals surface area contributed by atoms with E-state index in [0.717, 1.165) is 25.9 Å². The third-order valence-electron chi connectivity index (χ3n) is 4.00. The van der Waals surface area contributed by atoms with Gasteiger partial charge < -0.3 is 14.6 Å². The summed E-state index contributed by atoms with van der Waals surface area (Å²) >= 11 is 0. The monoisotopic (exact) mass is 281 g/mol. The highest BCUT2D eigenvalue weighted by molar-refractivity contribution is 7.62. The van der Waals surface area contributed by atoms with Crippen LogP contribution in [-0.2, 0) is 4.57 Å². The van der Waals surface area contributed by atoms with E-state index in [9.17, 15) is 9.67 Å². The van der Waals surface area contributed by atoms with E-state index in [1.165, 1.54) is 5.56 Å². The Labute approximate surface area is 116 Å². The Balaban J connectivity index is 1.85. The number of aliphatic hydroxyl groups is 1. The lowest BCUT2D eigenvalue weighted by molar-refractivity contribution is 0.141. The second-order valence-electron chi connectivity index (χ2n) is 5.90. The molecule has 1 aliphatic rings. The van der Waals surface area contributed by atoms with E-state index in [1.54, 1.807) is 13.3 Å². The fourth-order valence-corrected chi connectivity index (χ4v) is 3.23. The molecule has 1 fully saturated rings. The second kappa shape index (κ2) is 6.21. The van der Waals surface area contributed by atoms with Gasteiger partial charge in [-0.25, -0.2) is 0 Å². The van der Waals surface area contributed by atoms with Gasteiger partial charge in [-0.3, -0.25) is 0 Å². The minimum Gasteiger partial charge on any atom is -0.384 e. The topological polar surface area (TPSA) is 40.5 Å². The predicted octanol–water partition coefficient (Wildman–Crippen LogP) is 2.81. The number of piperidine rings is 1. The largest absolute Gasteiger partial charge is 0.384 e. The van der Waals surface area contributed by atoms with Gasteiger partial charge in [-0.15, -0.1) is 0 Å². The first kappa shape index (κ1) is 14.8. The van der Waals surface area contributed by atoms with E-state index in [2.05, 4.69) is 35.2 Å². The molecule has 0 aliphatic carbocycles. The van der Waals surface area contributed by atoms with Gasteiger partial charge in [0, 0.05) is 6.54 Å². The number of benzene rings is 1. The molecule has 106 valence electrons. The summed E-state index contributed by atoms with van der Waals surface area (Å²) in [6, 6.07) is 10.6. The molecule has 2 rings (SSSR count). The van der Waals surface area contributed by atoms with Crippen LogP contribution < -0.4 is 0 Å². The van der Waals surface area contributed by atoms with Crippen molar-refractivity contribution in [2.75, 3.05) is 33.0 Å². The zero-order chi connectivity index (χ0) is 13.9. The first-order valence-corrected chi connectivity index (χ1v) is 9.64. The summed E-state index contributed by atoms with van der Waals surface area (Å²) < 4.78 is 11.8. The number of hydrogen-bond donors (Lipinski definition) is 1. The van der Waals surface area contributed by atoms with Gasteiger partial charge in [-0.05, 0) is 50.7 Å². The smallest absolute Gasteiger partial charge is 0.119 e. The van der Waals surface area contributed by atoms with Crippen LogP contribution in [0.15, 0.2) is 30.3 Å². The average molecular weight is 281 g/mol. The summed E-state index contributed by atoms with van der Waals surface area (Å²) in [5, 5.41) is 9.92. The van der Waals surface area contributed by atoms with E-state index in [4.69, 9.17) is 0 Å². The van der Waals surface area contributed by atoms with Crippen LogP contribution in [0.4, 0.5) is 0 Å². The molecule has 1 aromatic rings. The van der Waals surface area contributed by atoms with Crippen molar-refractivity contribution in [1.29, 1.82) is 0 Å². The molecule has 19 heavy (non-hydrogen) atoms. The second-order valence-corrected chi connectivity index (χ2v) is 9.36. The van der Waals surface area contributed by atoms with E-state index >= 15 is 0 Å². The van der Waals surface area contributed by atoms with Crippen LogP contribution in [0.3, 0.4) is 0 Å². The first-order chi connectivity index (χ1) is 8.97. The Morgan fingerprint density at radius 2 is 1.84 bits per heavy atom. The quantitative estimate of drug-likeness (QED) is 0.863. The fourth-order valence-electron chi connectivity index (χ4n) is 2.60. The SMILES string of the molecule is CP(C)(=O)C(O)CN1CCC(c2ccccc2)CC1. The molecule has 4 heteroatoms. The molecule has 0 spiro atoms. The minimum absolute atomic E-state index is 0.547. The number of aliphatic hydroxyl groups excluding tert-OH is 1. The van der Waals surface area contributed by atoms with Crippen LogP contribution in [0.25, 0.3) is 0 Å². The van der Waals surface area contributed by atoms with Crippen molar-refractivity contribution in [2.45, 2.75) is 24.6 Å². The van der Waals surface area contributed by atoms with Gasteiger partial charge in [0.1, 0.15) is 13.0 Å². The van der Waals surface area contributed by atoms with E-state index in [-0.39, 0.29) is 0 Å². The van der Waals surface area contributed by atoms with Gasteiger partial charge in [-0.1, -0.05) is 30.3 Å². The molecule has 1 heterocycles. The molecule has 0 amide bonds. The molecule has 0 radical (unpaired) electrons. The van der Waals surface area contributed by atoms with E-state index in [1.807, 2.05) is 0 Å². The van der Waals surface area contributed by atoms with Crippen molar-refractivity contribution in [2.24, 2.45) is 0 Å². The third-order valence-corrected chi connectivity index (χ3v) is 5.60. The lowest BCUT2D eigenvalue weighted by Crippen LogP contribution is -2.38. The van der Waals surface area contributed by atoms with Gasteiger partial charge in [-0.2, -0.15) is 0 Å². The molecule has 1 N–H and O–H groups in total. The highest BCUT2D eigenvalue weighted by Crippen LogP contribution is 2.41. The zero-order valence-electron chi connectivity index (χ0n) is 11.8.